The third-order valence-electron chi connectivity index (χ3n) is 5.90. The van der Waals surface area contributed by atoms with E-state index in [1.54, 1.807) is 55.5 Å². The van der Waals surface area contributed by atoms with E-state index in [9.17, 15) is 19.6 Å². The average Bonchev–Trinajstić information content (AvgIpc) is 3.07. The number of rotatable bonds is 6. The van der Waals surface area contributed by atoms with Crippen LogP contribution in [0.15, 0.2) is 77.4 Å². The van der Waals surface area contributed by atoms with Crippen LogP contribution in [-0.4, -0.2) is 31.0 Å². The zero-order valence-electron chi connectivity index (χ0n) is 19.2. The zero-order valence-corrected chi connectivity index (χ0v) is 19.2. The van der Waals surface area contributed by atoms with Crippen molar-refractivity contribution in [3.63, 3.8) is 0 Å². The lowest BCUT2D eigenvalue weighted by atomic mass is 9.68. The molecule has 0 unspecified atom stereocenters. The number of amides is 1. The SMILES string of the molecule is CCOC(=O)CN1C(=O)[C@]2(C(C#N)=C(N)OC(C)=C2C(=O)OCc2ccccc2)c2ccccc21. The molecule has 0 saturated heterocycles. The van der Waals surface area contributed by atoms with Gasteiger partial charge in [-0.2, -0.15) is 5.26 Å². The molecule has 0 saturated carbocycles. The Kier molecular flexibility index (Phi) is 6.30. The van der Waals surface area contributed by atoms with Gasteiger partial charge in [-0.3, -0.25) is 14.5 Å². The normalized spacial score (nSPS) is 18.8. The summed E-state index contributed by atoms with van der Waals surface area (Å²) in [4.78, 5) is 41.1. The lowest BCUT2D eigenvalue weighted by Crippen LogP contribution is -2.49. The molecule has 1 atom stereocenters. The van der Waals surface area contributed by atoms with Crippen molar-refractivity contribution in [2.24, 2.45) is 5.73 Å². The highest BCUT2D eigenvalue weighted by atomic mass is 16.5. The molecule has 0 aliphatic carbocycles. The van der Waals surface area contributed by atoms with Gasteiger partial charge in [-0.1, -0.05) is 48.5 Å². The first-order valence-corrected chi connectivity index (χ1v) is 10.9. The summed E-state index contributed by atoms with van der Waals surface area (Å²) in [6.45, 7) is 2.80. The largest absolute Gasteiger partial charge is 0.465 e. The van der Waals surface area contributed by atoms with Crippen molar-refractivity contribution in [3.05, 3.63) is 88.5 Å². The number of carbonyl (C=O) groups is 3. The van der Waals surface area contributed by atoms with Crippen molar-refractivity contribution in [2.75, 3.05) is 18.1 Å². The predicted molar refractivity (Wildman–Crippen MR) is 124 cm³/mol. The average molecular weight is 473 g/mol. The summed E-state index contributed by atoms with van der Waals surface area (Å²) in [5, 5.41) is 10.1. The molecule has 0 fully saturated rings. The number of ether oxygens (including phenoxy) is 3. The summed E-state index contributed by atoms with van der Waals surface area (Å²) in [7, 11) is 0. The molecule has 2 aromatic rings. The fraction of sp³-hybridized carbons (Fsp3) is 0.231. The van der Waals surface area contributed by atoms with E-state index in [0.29, 0.717) is 11.3 Å². The molecule has 0 aromatic heterocycles. The molecule has 4 rings (SSSR count). The van der Waals surface area contributed by atoms with E-state index in [-0.39, 0.29) is 36.0 Å². The monoisotopic (exact) mass is 473 g/mol. The molecular formula is C26H23N3O6. The number of carbonyl (C=O) groups excluding carboxylic acids is 3. The highest BCUT2D eigenvalue weighted by Crippen LogP contribution is 2.54. The van der Waals surface area contributed by atoms with E-state index in [0.717, 1.165) is 5.56 Å². The Hall–Kier alpha value is -4.58. The van der Waals surface area contributed by atoms with Gasteiger partial charge in [0.05, 0.1) is 6.61 Å². The Morgan fingerprint density at radius 2 is 1.80 bits per heavy atom. The summed E-state index contributed by atoms with van der Waals surface area (Å²) in [6.07, 6.45) is 0. The van der Waals surface area contributed by atoms with Gasteiger partial charge < -0.3 is 19.9 Å². The van der Waals surface area contributed by atoms with Crippen molar-refractivity contribution in [1.82, 2.24) is 0 Å². The van der Waals surface area contributed by atoms with Crippen LogP contribution in [0.4, 0.5) is 5.69 Å². The molecule has 2 aromatic carbocycles. The Morgan fingerprint density at radius 1 is 1.11 bits per heavy atom. The molecule has 2 aliphatic heterocycles. The van der Waals surface area contributed by atoms with E-state index < -0.39 is 29.8 Å². The molecule has 178 valence electrons. The van der Waals surface area contributed by atoms with E-state index in [4.69, 9.17) is 19.9 Å². The smallest absolute Gasteiger partial charge is 0.339 e. The molecular weight excluding hydrogens is 450 g/mol. The fourth-order valence-electron chi connectivity index (χ4n) is 4.50. The van der Waals surface area contributed by atoms with Crippen LogP contribution in [0.1, 0.15) is 25.0 Å². The lowest BCUT2D eigenvalue weighted by molar-refractivity contribution is -0.143. The van der Waals surface area contributed by atoms with Gasteiger partial charge in [0.2, 0.25) is 11.8 Å². The Labute approximate surface area is 202 Å². The van der Waals surface area contributed by atoms with E-state index in [2.05, 4.69) is 0 Å². The number of hydrogen-bond donors (Lipinski definition) is 1. The van der Waals surface area contributed by atoms with Gasteiger partial charge in [0.25, 0.3) is 0 Å². The van der Waals surface area contributed by atoms with Crippen LogP contribution >= 0.6 is 0 Å². The first kappa shape index (κ1) is 23.6. The second-order valence-electron chi connectivity index (χ2n) is 7.91. The van der Waals surface area contributed by atoms with E-state index in [1.165, 1.54) is 11.8 Å². The molecule has 2 heterocycles. The first-order chi connectivity index (χ1) is 16.9. The quantitative estimate of drug-likeness (QED) is 0.633. The molecule has 2 aliphatic rings. The number of allylic oxidation sites excluding steroid dienone is 1. The summed E-state index contributed by atoms with van der Waals surface area (Å²) < 4.78 is 16.1. The summed E-state index contributed by atoms with van der Waals surface area (Å²) in [5.74, 6) is -2.44. The number of nitrogens with two attached hydrogens (primary N) is 1. The number of para-hydroxylation sites is 1. The number of nitriles is 1. The summed E-state index contributed by atoms with van der Waals surface area (Å²) >= 11 is 0. The van der Waals surface area contributed by atoms with Gasteiger partial charge in [0.15, 0.2) is 5.41 Å². The molecule has 35 heavy (non-hydrogen) atoms. The molecule has 1 amide bonds. The van der Waals surface area contributed by atoms with Crippen molar-refractivity contribution < 1.29 is 28.6 Å². The molecule has 9 nitrogen and oxygen atoms in total. The molecule has 0 radical (unpaired) electrons. The van der Waals surface area contributed by atoms with Crippen molar-refractivity contribution in [1.29, 1.82) is 5.26 Å². The molecule has 9 heteroatoms. The lowest BCUT2D eigenvalue weighted by Gasteiger charge is -2.34. The van der Waals surface area contributed by atoms with Crippen LogP contribution < -0.4 is 10.6 Å². The third-order valence-corrected chi connectivity index (χ3v) is 5.90. The first-order valence-electron chi connectivity index (χ1n) is 10.9. The highest BCUT2D eigenvalue weighted by molar-refractivity contribution is 6.19. The number of anilines is 1. The van der Waals surface area contributed by atoms with Crippen molar-refractivity contribution in [3.8, 4) is 6.07 Å². The number of fused-ring (bicyclic) bond motifs is 2. The number of hydrogen-bond acceptors (Lipinski definition) is 8. The topological polar surface area (TPSA) is 132 Å². The van der Waals surface area contributed by atoms with E-state index in [1.807, 2.05) is 12.1 Å². The Bertz CT molecular complexity index is 1310. The Balaban J connectivity index is 1.86. The third kappa shape index (κ3) is 3.79. The van der Waals surface area contributed by atoms with Gasteiger partial charge >= 0.3 is 11.9 Å². The minimum Gasteiger partial charge on any atom is -0.465 e. The fourth-order valence-corrected chi connectivity index (χ4v) is 4.50. The molecule has 2 N–H and O–H groups in total. The van der Waals surface area contributed by atoms with Gasteiger partial charge in [0.1, 0.15) is 36.1 Å². The van der Waals surface area contributed by atoms with Crippen molar-refractivity contribution >= 4 is 23.5 Å². The summed E-state index contributed by atoms with van der Waals surface area (Å²) in [5.41, 5.74) is 5.13. The van der Waals surface area contributed by atoms with Crippen LogP contribution in [-0.2, 0) is 40.6 Å². The van der Waals surface area contributed by atoms with Crippen LogP contribution in [0.5, 0.6) is 0 Å². The maximum Gasteiger partial charge on any atom is 0.339 e. The zero-order chi connectivity index (χ0) is 25.2. The number of benzene rings is 2. The summed E-state index contributed by atoms with van der Waals surface area (Å²) in [6, 6.07) is 17.6. The maximum atomic E-state index is 14.1. The second-order valence-corrected chi connectivity index (χ2v) is 7.91. The van der Waals surface area contributed by atoms with Crippen molar-refractivity contribution in [2.45, 2.75) is 25.9 Å². The van der Waals surface area contributed by atoms with Gasteiger partial charge in [0, 0.05) is 11.3 Å². The van der Waals surface area contributed by atoms with Crippen LogP contribution in [0, 0.1) is 11.3 Å². The van der Waals surface area contributed by atoms with Crippen LogP contribution in [0.2, 0.25) is 0 Å². The number of nitrogens with zero attached hydrogens (tertiary/aromatic N) is 2. The highest BCUT2D eigenvalue weighted by Gasteiger charge is 2.62. The Morgan fingerprint density at radius 3 is 2.49 bits per heavy atom. The second kappa shape index (κ2) is 9.35. The molecule has 0 bridgehead atoms. The minimum absolute atomic E-state index is 0.0284. The number of esters is 2. The van der Waals surface area contributed by atoms with Gasteiger partial charge in [-0.15, -0.1) is 0 Å². The van der Waals surface area contributed by atoms with Crippen LogP contribution in [0.25, 0.3) is 0 Å². The minimum atomic E-state index is -1.93. The van der Waals surface area contributed by atoms with Gasteiger partial charge in [-0.05, 0) is 25.5 Å². The molecule has 1 spiro atoms. The van der Waals surface area contributed by atoms with E-state index >= 15 is 0 Å². The standard InChI is InChI=1S/C26H23N3O6/c1-3-33-21(30)14-29-20-12-8-7-11-18(20)26(25(29)32)19(13-27)23(28)35-16(2)22(26)24(31)34-15-17-9-5-4-6-10-17/h4-12H,3,14-15,28H2,1-2H3/t26-/m0/s1. The predicted octanol–water partition coefficient (Wildman–Crippen LogP) is 2.58. The maximum absolute atomic E-state index is 14.1. The van der Waals surface area contributed by atoms with Gasteiger partial charge in [-0.25, -0.2) is 4.79 Å². The van der Waals surface area contributed by atoms with Crippen LogP contribution in [0.3, 0.4) is 0 Å².